The van der Waals surface area contributed by atoms with Crippen LogP contribution in [0.4, 0.5) is 20.2 Å². The molecule has 0 aliphatic heterocycles. The maximum Gasteiger partial charge on any atom is 0.387 e. The summed E-state index contributed by atoms with van der Waals surface area (Å²) >= 11 is 9.22. The molecule has 32 heavy (non-hydrogen) atoms. The van der Waals surface area contributed by atoms with Crippen LogP contribution in [0.2, 0.25) is 5.15 Å². The fourth-order valence-electron chi connectivity index (χ4n) is 2.51. The SMILES string of the molecule is CC(C)(C)S(=O)NNC[C@@H](Nc1cc(Cl)ncc1[N+](=O)[O-])c1c(Br)cccc1OC(F)F. The third kappa shape index (κ3) is 7.30. The molecule has 1 aromatic heterocycles. The van der Waals surface area contributed by atoms with Gasteiger partial charge in [-0.3, -0.25) is 10.1 Å². The molecule has 1 aromatic carbocycles. The summed E-state index contributed by atoms with van der Waals surface area (Å²) in [5.74, 6) is -0.145. The van der Waals surface area contributed by atoms with Crippen LogP contribution in [0, 0.1) is 10.1 Å². The van der Waals surface area contributed by atoms with E-state index in [1.165, 1.54) is 18.2 Å². The number of rotatable bonds is 10. The molecule has 0 saturated heterocycles. The van der Waals surface area contributed by atoms with Gasteiger partial charge in [-0.1, -0.05) is 33.6 Å². The first kappa shape index (κ1) is 26.3. The molecular weight excluding hydrogens is 536 g/mol. The summed E-state index contributed by atoms with van der Waals surface area (Å²) < 4.78 is 42.7. The van der Waals surface area contributed by atoms with Gasteiger partial charge < -0.3 is 10.1 Å². The molecular formula is C18H21BrClF2N5O4S. The van der Waals surface area contributed by atoms with E-state index in [-0.39, 0.29) is 34.4 Å². The molecule has 3 N–H and O–H groups in total. The minimum Gasteiger partial charge on any atom is -0.434 e. The zero-order valence-corrected chi connectivity index (χ0v) is 20.4. The number of alkyl halides is 2. The summed E-state index contributed by atoms with van der Waals surface area (Å²) in [7, 11) is -1.48. The van der Waals surface area contributed by atoms with Crippen molar-refractivity contribution >= 4 is 49.9 Å². The van der Waals surface area contributed by atoms with Gasteiger partial charge in [-0.05, 0) is 32.9 Å². The Morgan fingerprint density at radius 2 is 2.06 bits per heavy atom. The lowest BCUT2D eigenvalue weighted by molar-refractivity contribution is -0.384. The number of nitro groups is 1. The molecule has 0 aliphatic rings. The van der Waals surface area contributed by atoms with E-state index in [0.29, 0.717) is 4.47 Å². The number of hydrogen-bond donors (Lipinski definition) is 3. The lowest BCUT2D eigenvalue weighted by Crippen LogP contribution is -2.44. The van der Waals surface area contributed by atoms with Gasteiger partial charge in [0.2, 0.25) is 0 Å². The van der Waals surface area contributed by atoms with E-state index in [2.05, 4.69) is 41.2 Å². The number of halogens is 4. The number of anilines is 1. The topological polar surface area (TPSA) is 118 Å². The van der Waals surface area contributed by atoms with Crippen LogP contribution in [-0.4, -0.2) is 32.0 Å². The number of hydrogen-bond acceptors (Lipinski definition) is 7. The zero-order valence-electron chi connectivity index (χ0n) is 17.2. The van der Waals surface area contributed by atoms with Crippen molar-refractivity contribution in [1.29, 1.82) is 0 Å². The molecule has 2 rings (SSSR count). The quantitative estimate of drug-likeness (QED) is 0.220. The second-order valence-corrected chi connectivity index (χ2v) is 10.6. The highest BCUT2D eigenvalue weighted by molar-refractivity contribution is 9.10. The highest BCUT2D eigenvalue weighted by Gasteiger charge is 2.26. The molecule has 2 aromatic rings. The predicted molar refractivity (Wildman–Crippen MR) is 122 cm³/mol. The van der Waals surface area contributed by atoms with Crippen molar-refractivity contribution in [2.45, 2.75) is 38.2 Å². The van der Waals surface area contributed by atoms with Crippen molar-refractivity contribution in [3.8, 4) is 5.75 Å². The van der Waals surface area contributed by atoms with E-state index in [1.54, 1.807) is 26.8 Å². The smallest absolute Gasteiger partial charge is 0.387 e. The van der Waals surface area contributed by atoms with Crippen LogP contribution >= 0.6 is 27.5 Å². The summed E-state index contributed by atoms with van der Waals surface area (Å²) in [6, 6.07) is 4.85. The normalized spacial score (nSPS) is 13.6. The van der Waals surface area contributed by atoms with Gasteiger partial charge in [0.15, 0.2) is 0 Å². The van der Waals surface area contributed by atoms with Crippen LogP contribution < -0.4 is 20.3 Å². The fraction of sp³-hybridized carbons (Fsp3) is 0.389. The van der Waals surface area contributed by atoms with E-state index >= 15 is 0 Å². The van der Waals surface area contributed by atoms with Crippen molar-refractivity contribution in [1.82, 2.24) is 15.2 Å². The lowest BCUT2D eigenvalue weighted by atomic mass is 10.0. The summed E-state index contributed by atoms with van der Waals surface area (Å²) in [4.78, 5) is 17.1. The fourth-order valence-corrected chi connectivity index (χ4v) is 3.82. The molecule has 0 spiro atoms. The van der Waals surface area contributed by atoms with Crippen LogP contribution in [0.3, 0.4) is 0 Å². The summed E-state index contributed by atoms with van der Waals surface area (Å²) in [5.41, 5.74) is 2.69. The van der Waals surface area contributed by atoms with Crippen molar-refractivity contribution in [3.05, 3.63) is 55.8 Å². The molecule has 1 unspecified atom stereocenters. The Kier molecular flexibility index (Phi) is 9.28. The maximum absolute atomic E-state index is 13.0. The Morgan fingerprint density at radius 3 is 2.66 bits per heavy atom. The monoisotopic (exact) mass is 555 g/mol. The molecule has 2 atom stereocenters. The zero-order chi connectivity index (χ0) is 24.1. The standard InChI is InChI=1S/C18H21BrClF2N5O4S/c1-18(2,3)32(30)26-24-8-12(16-10(19)5-4-6-14(16)31-17(21)22)25-11-7-15(20)23-9-13(11)27(28)29/h4-7,9,12,17,24,26H,8H2,1-3H3,(H,23,25)/t12-,32?/m1/s1. The first-order valence-corrected chi connectivity index (χ1v) is 11.4. The highest BCUT2D eigenvalue weighted by Crippen LogP contribution is 2.37. The van der Waals surface area contributed by atoms with Gasteiger partial charge in [0.25, 0.3) is 0 Å². The molecule has 176 valence electrons. The molecule has 0 amide bonds. The van der Waals surface area contributed by atoms with E-state index < -0.39 is 33.3 Å². The maximum atomic E-state index is 13.0. The van der Waals surface area contributed by atoms with E-state index in [1.807, 2.05) is 0 Å². The Labute approximate surface area is 199 Å². The van der Waals surface area contributed by atoms with E-state index in [9.17, 15) is 23.1 Å². The molecule has 0 saturated carbocycles. The summed E-state index contributed by atoms with van der Waals surface area (Å²) in [6.07, 6.45) is 0.985. The highest BCUT2D eigenvalue weighted by atomic mass is 79.9. The number of hydrazine groups is 1. The van der Waals surface area contributed by atoms with Gasteiger partial charge in [0, 0.05) is 22.6 Å². The molecule has 0 radical (unpaired) electrons. The van der Waals surface area contributed by atoms with Gasteiger partial charge in [0.1, 0.15) is 33.8 Å². The van der Waals surface area contributed by atoms with Gasteiger partial charge in [-0.2, -0.15) is 13.6 Å². The lowest BCUT2D eigenvalue weighted by Gasteiger charge is -2.25. The number of benzene rings is 1. The summed E-state index contributed by atoms with van der Waals surface area (Å²) in [5, 5.41) is 14.3. The van der Waals surface area contributed by atoms with Crippen molar-refractivity contribution < 1.29 is 22.6 Å². The Bertz CT molecular complexity index is 996. The van der Waals surface area contributed by atoms with Gasteiger partial charge in [-0.15, -0.1) is 0 Å². The van der Waals surface area contributed by atoms with Crippen LogP contribution in [0.25, 0.3) is 0 Å². The van der Waals surface area contributed by atoms with E-state index in [0.717, 1.165) is 6.20 Å². The molecule has 0 fully saturated rings. The van der Waals surface area contributed by atoms with Crippen LogP contribution in [-0.2, 0) is 11.0 Å². The van der Waals surface area contributed by atoms with Crippen LogP contribution in [0.5, 0.6) is 5.75 Å². The van der Waals surface area contributed by atoms with Crippen LogP contribution in [0.1, 0.15) is 32.4 Å². The Hall–Kier alpha value is -1.93. The average molecular weight is 557 g/mol. The average Bonchev–Trinajstić information content (AvgIpc) is 2.66. The Balaban J connectivity index is 2.45. The Morgan fingerprint density at radius 1 is 1.38 bits per heavy atom. The largest absolute Gasteiger partial charge is 0.434 e. The molecule has 0 bridgehead atoms. The molecule has 14 heteroatoms. The van der Waals surface area contributed by atoms with Crippen molar-refractivity contribution in [3.63, 3.8) is 0 Å². The van der Waals surface area contributed by atoms with Crippen molar-refractivity contribution in [2.24, 2.45) is 0 Å². The van der Waals surface area contributed by atoms with Gasteiger partial charge in [-0.25, -0.2) is 14.6 Å². The minimum absolute atomic E-state index is 0.00653. The molecule has 9 nitrogen and oxygen atoms in total. The first-order valence-electron chi connectivity index (χ1n) is 9.10. The molecule has 1 heterocycles. The number of ether oxygens (including phenoxy) is 1. The number of nitrogens with one attached hydrogen (secondary N) is 3. The summed E-state index contributed by atoms with van der Waals surface area (Å²) in [6.45, 7) is 2.17. The number of aromatic nitrogens is 1. The van der Waals surface area contributed by atoms with Crippen molar-refractivity contribution in [2.75, 3.05) is 11.9 Å². The van der Waals surface area contributed by atoms with Gasteiger partial charge in [0.05, 0.1) is 15.7 Å². The second-order valence-electron chi connectivity index (χ2n) is 7.37. The minimum atomic E-state index is -3.09. The second kappa shape index (κ2) is 11.3. The predicted octanol–water partition coefficient (Wildman–Crippen LogP) is 4.72. The van der Waals surface area contributed by atoms with Crippen LogP contribution in [0.15, 0.2) is 34.9 Å². The number of pyridine rings is 1. The molecule has 0 aliphatic carbocycles. The number of nitrogens with zero attached hydrogens (tertiary/aromatic N) is 2. The van der Waals surface area contributed by atoms with E-state index in [4.69, 9.17) is 11.6 Å². The first-order chi connectivity index (χ1) is 14.9. The third-order valence-electron chi connectivity index (χ3n) is 3.98. The third-order valence-corrected chi connectivity index (χ3v) is 6.32. The van der Waals surface area contributed by atoms with Gasteiger partial charge >= 0.3 is 12.3 Å².